The normalized spacial score (nSPS) is 24.7. The number of carbonyl (C=O) groups is 2. The molecule has 0 radical (unpaired) electrons. The van der Waals surface area contributed by atoms with Crippen LogP contribution < -0.4 is 10.5 Å². The van der Waals surface area contributed by atoms with Crippen LogP contribution in [0.15, 0.2) is 48.5 Å². The van der Waals surface area contributed by atoms with Crippen molar-refractivity contribution >= 4 is 11.9 Å². The highest BCUT2D eigenvalue weighted by Gasteiger charge is 2.40. The summed E-state index contributed by atoms with van der Waals surface area (Å²) in [6.07, 6.45) is 0.344. The molecule has 2 aliphatic rings. The van der Waals surface area contributed by atoms with Gasteiger partial charge in [-0.2, -0.15) is 0 Å². The number of ether oxygens (including phenoxy) is 1. The van der Waals surface area contributed by atoms with Crippen LogP contribution in [0.5, 0.6) is 5.75 Å². The largest absolute Gasteiger partial charge is 0.422 e. The molecule has 0 spiro atoms. The lowest BCUT2D eigenvalue weighted by atomic mass is 9.87. The molecule has 2 aromatic rings. The van der Waals surface area contributed by atoms with Crippen molar-refractivity contribution in [3.63, 3.8) is 0 Å². The number of carbonyl (C=O) groups excluding carboxylic acids is 2. The van der Waals surface area contributed by atoms with E-state index in [0.29, 0.717) is 31.8 Å². The predicted octanol–water partition coefficient (Wildman–Crippen LogP) is 2.46. The van der Waals surface area contributed by atoms with Crippen molar-refractivity contribution in [1.29, 1.82) is 0 Å². The molecule has 6 nitrogen and oxygen atoms in total. The van der Waals surface area contributed by atoms with Crippen molar-refractivity contribution in [1.82, 2.24) is 9.80 Å². The first-order chi connectivity index (χ1) is 15.8. The van der Waals surface area contributed by atoms with Crippen LogP contribution in [0.1, 0.15) is 42.4 Å². The van der Waals surface area contributed by atoms with Gasteiger partial charge in [-0.05, 0) is 56.5 Å². The monoisotopic (exact) mass is 454 g/mol. The minimum atomic E-state index is -1.05. The highest BCUT2D eigenvalue weighted by atomic mass is 19.1. The Labute approximate surface area is 194 Å². The number of halogens is 1. The van der Waals surface area contributed by atoms with Crippen LogP contribution in [0.3, 0.4) is 0 Å². The molecule has 4 rings (SSSR count). The highest BCUT2D eigenvalue weighted by molar-refractivity contribution is 5.84. The SMILES string of the molecule is Cc1ccc(CN2CCC(N3CCC(c4ccc(OC(=O)C(C)[NH3+])cc4)C(F)C3)C2=O)cc1. The number of quaternary nitrogens is 1. The van der Waals surface area contributed by atoms with Crippen molar-refractivity contribution in [3.8, 4) is 5.75 Å². The fourth-order valence-electron chi connectivity index (χ4n) is 4.72. The summed E-state index contributed by atoms with van der Waals surface area (Å²) >= 11 is 0. The predicted molar refractivity (Wildman–Crippen MR) is 123 cm³/mol. The number of aryl methyl sites for hydroxylation is 1. The summed E-state index contributed by atoms with van der Waals surface area (Å²) in [4.78, 5) is 28.6. The molecule has 176 valence electrons. The van der Waals surface area contributed by atoms with Crippen LogP contribution in [-0.2, 0) is 16.1 Å². The smallest absolute Gasteiger partial charge is 0.369 e. The number of benzene rings is 2. The lowest BCUT2D eigenvalue weighted by molar-refractivity contribution is -0.401. The average Bonchev–Trinajstić information content (AvgIpc) is 3.16. The average molecular weight is 455 g/mol. The first kappa shape index (κ1) is 23.4. The maximum atomic E-state index is 15.2. The van der Waals surface area contributed by atoms with E-state index in [1.165, 1.54) is 5.56 Å². The van der Waals surface area contributed by atoms with Gasteiger partial charge in [0.1, 0.15) is 11.9 Å². The van der Waals surface area contributed by atoms with Crippen molar-refractivity contribution in [2.45, 2.75) is 57.4 Å². The van der Waals surface area contributed by atoms with Crippen LogP contribution >= 0.6 is 0 Å². The van der Waals surface area contributed by atoms with Crippen molar-refractivity contribution < 1.29 is 24.5 Å². The number of piperidine rings is 1. The van der Waals surface area contributed by atoms with Crippen LogP contribution in [-0.4, -0.2) is 59.6 Å². The maximum Gasteiger partial charge on any atom is 0.369 e. The van der Waals surface area contributed by atoms with Gasteiger partial charge >= 0.3 is 5.97 Å². The molecular formula is C26H33FN3O3+. The summed E-state index contributed by atoms with van der Waals surface area (Å²) in [5.74, 6) is -0.0700. The number of hydrogen-bond donors (Lipinski definition) is 1. The molecule has 0 aliphatic carbocycles. The molecule has 0 bridgehead atoms. The van der Waals surface area contributed by atoms with Gasteiger partial charge in [-0.25, -0.2) is 9.18 Å². The fourth-order valence-corrected chi connectivity index (χ4v) is 4.72. The highest BCUT2D eigenvalue weighted by Crippen LogP contribution is 2.34. The molecule has 0 saturated carbocycles. The van der Waals surface area contributed by atoms with Gasteiger partial charge in [-0.15, -0.1) is 0 Å². The van der Waals surface area contributed by atoms with E-state index < -0.39 is 18.2 Å². The molecule has 2 fully saturated rings. The Morgan fingerprint density at radius 3 is 2.45 bits per heavy atom. The third kappa shape index (κ3) is 5.42. The third-order valence-electron chi connectivity index (χ3n) is 6.71. The Morgan fingerprint density at radius 1 is 1.12 bits per heavy atom. The van der Waals surface area contributed by atoms with Crippen LogP contribution in [0.25, 0.3) is 0 Å². The van der Waals surface area contributed by atoms with E-state index in [0.717, 1.165) is 17.5 Å². The Bertz CT molecular complexity index is 977. The minimum Gasteiger partial charge on any atom is -0.422 e. The van der Waals surface area contributed by atoms with Gasteiger partial charge in [0.05, 0.1) is 6.04 Å². The van der Waals surface area contributed by atoms with Crippen molar-refractivity contribution in [2.24, 2.45) is 0 Å². The number of nitrogens with zero attached hydrogens (tertiary/aromatic N) is 2. The van der Waals surface area contributed by atoms with Gasteiger partial charge in [0.25, 0.3) is 0 Å². The van der Waals surface area contributed by atoms with E-state index in [1.54, 1.807) is 19.1 Å². The third-order valence-corrected chi connectivity index (χ3v) is 6.71. The zero-order chi connectivity index (χ0) is 23.5. The maximum absolute atomic E-state index is 15.2. The van der Waals surface area contributed by atoms with Crippen LogP contribution in [0.4, 0.5) is 4.39 Å². The molecular weight excluding hydrogens is 421 g/mol. The molecule has 2 heterocycles. The molecule has 2 saturated heterocycles. The molecule has 3 N–H and O–H groups in total. The minimum absolute atomic E-state index is 0.104. The van der Waals surface area contributed by atoms with Gasteiger partial charge in [0.15, 0.2) is 6.04 Å². The summed E-state index contributed by atoms with van der Waals surface area (Å²) in [6, 6.07) is 14.6. The number of rotatable bonds is 6. The Balaban J connectivity index is 1.33. The summed E-state index contributed by atoms with van der Waals surface area (Å²) in [5.41, 5.74) is 6.86. The molecule has 2 aromatic carbocycles. The fraction of sp³-hybridized carbons (Fsp3) is 0.462. The zero-order valence-electron chi connectivity index (χ0n) is 19.4. The van der Waals surface area contributed by atoms with Crippen LogP contribution in [0.2, 0.25) is 0 Å². The van der Waals surface area contributed by atoms with Gasteiger partial charge in [0, 0.05) is 25.6 Å². The zero-order valence-corrected chi connectivity index (χ0v) is 19.4. The lowest BCUT2D eigenvalue weighted by Gasteiger charge is -2.37. The molecule has 4 unspecified atom stereocenters. The molecule has 4 atom stereocenters. The van der Waals surface area contributed by atoms with E-state index in [9.17, 15) is 9.59 Å². The summed E-state index contributed by atoms with van der Waals surface area (Å²) in [7, 11) is 0. The van der Waals surface area contributed by atoms with Gasteiger partial charge in [0.2, 0.25) is 5.91 Å². The van der Waals surface area contributed by atoms with E-state index in [-0.39, 0.29) is 24.4 Å². The second kappa shape index (κ2) is 10.0. The first-order valence-electron chi connectivity index (χ1n) is 11.7. The van der Waals surface area contributed by atoms with Crippen LogP contribution in [0, 0.1) is 6.92 Å². The summed E-state index contributed by atoms with van der Waals surface area (Å²) in [5, 5.41) is 0. The second-order valence-electron chi connectivity index (χ2n) is 9.35. The lowest BCUT2D eigenvalue weighted by Crippen LogP contribution is -2.64. The number of amides is 1. The molecule has 1 amide bonds. The van der Waals surface area contributed by atoms with E-state index in [4.69, 9.17) is 4.74 Å². The molecule has 33 heavy (non-hydrogen) atoms. The standard InChI is InChI=1S/C26H32FN3O3/c1-17-3-5-19(6-4-17)15-30-14-12-24(25(30)31)29-13-11-22(23(27)16-29)20-7-9-21(10-8-20)33-26(32)18(2)28/h3-10,18,22-24H,11-16,28H2,1-2H3/p+1. The number of alkyl halides is 1. The number of hydrogen-bond acceptors (Lipinski definition) is 4. The van der Waals surface area contributed by atoms with Gasteiger partial charge in [-0.3, -0.25) is 9.69 Å². The van der Waals surface area contributed by atoms with Crippen molar-refractivity contribution in [2.75, 3.05) is 19.6 Å². The van der Waals surface area contributed by atoms with E-state index >= 15 is 4.39 Å². The Morgan fingerprint density at radius 2 is 1.82 bits per heavy atom. The van der Waals surface area contributed by atoms with Crippen molar-refractivity contribution in [3.05, 3.63) is 65.2 Å². The Kier molecular flexibility index (Phi) is 7.10. The van der Waals surface area contributed by atoms with Gasteiger partial charge < -0.3 is 15.4 Å². The van der Waals surface area contributed by atoms with E-state index in [2.05, 4.69) is 30.0 Å². The number of likely N-dealkylation sites (tertiary alicyclic amines) is 2. The topological polar surface area (TPSA) is 77.5 Å². The van der Waals surface area contributed by atoms with Gasteiger partial charge in [-0.1, -0.05) is 42.0 Å². The summed E-state index contributed by atoms with van der Waals surface area (Å²) in [6.45, 7) is 5.99. The Hall–Kier alpha value is -2.77. The summed E-state index contributed by atoms with van der Waals surface area (Å²) < 4.78 is 20.5. The first-order valence-corrected chi connectivity index (χ1v) is 11.7. The molecule has 0 aromatic heterocycles. The second-order valence-corrected chi connectivity index (χ2v) is 9.35. The van der Waals surface area contributed by atoms with E-state index in [1.807, 2.05) is 28.9 Å². The number of esters is 1. The molecule has 2 aliphatic heterocycles. The molecule has 7 heteroatoms. The quantitative estimate of drug-likeness (QED) is 0.537.